The molecule has 3 heterocycles. The third kappa shape index (κ3) is 3.00. The number of rotatable bonds is 4. The number of amides is 2. The minimum Gasteiger partial charge on any atom is -0.378 e. The van der Waals surface area contributed by atoms with Crippen molar-refractivity contribution >= 4 is 11.8 Å². The highest BCUT2D eigenvalue weighted by Crippen LogP contribution is 2.38. The van der Waals surface area contributed by atoms with E-state index in [2.05, 4.69) is 5.32 Å². The largest absolute Gasteiger partial charge is 0.378 e. The van der Waals surface area contributed by atoms with E-state index in [1.54, 1.807) is 0 Å². The first kappa shape index (κ1) is 15.8. The third-order valence-electron chi connectivity index (χ3n) is 5.72. The predicted octanol–water partition coefficient (Wildman–Crippen LogP) is 1.71. The Kier molecular flexibility index (Phi) is 4.44. The summed E-state index contributed by atoms with van der Waals surface area (Å²) in [6.07, 6.45) is 6.01. The molecule has 5 heteroatoms. The number of carbonyl (C=O) groups is 2. The summed E-state index contributed by atoms with van der Waals surface area (Å²) in [5, 5.41) is 3.05. The van der Waals surface area contributed by atoms with Gasteiger partial charge in [0.2, 0.25) is 11.8 Å². The van der Waals surface area contributed by atoms with Crippen LogP contribution in [0.15, 0.2) is 0 Å². The Morgan fingerprint density at radius 2 is 2.05 bits per heavy atom. The lowest BCUT2D eigenvalue weighted by molar-refractivity contribution is -0.147. The van der Waals surface area contributed by atoms with Gasteiger partial charge in [-0.15, -0.1) is 0 Å². The zero-order valence-corrected chi connectivity index (χ0v) is 13.8. The standard InChI is InChI=1S/C17H28N2O3/c1-17(2)15(18-16(17)21)12-7-9-19(10-8-12)14(20)6-5-13-4-3-11-22-13/h12-13,15H,3-11H2,1-2H3,(H,18,21). The second kappa shape index (κ2) is 6.19. The molecule has 2 unspecified atom stereocenters. The van der Waals surface area contributed by atoms with Crippen LogP contribution in [0.5, 0.6) is 0 Å². The summed E-state index contributed by atoms with van der Waals surface area (Å²) in [5.74, 6) is 0.938. The lowest BCUT2D eigenvalue weighted by atomic mass is 9.68. The van der Waals surface area contributed by atoms with Crippen molar-refractivity contribution in [3.05, 3.63) is 0 Å². The number of piperidine rings is 1. The van der Waals surface area contributed by atoms with Gasteiger partial charge in [0.05, 0.1) is 11.5 Å². The molecule has 0 aromatic rings. The van der Waals surface area contributed by atoms with Crippen molar-refractivity contribution < 1.29 is 14.3 Å². The number of nitrogens with zero attached hydrogens (tertiary/aromatic N) is 1. The first-order valence-electron chi connectivity index (χ1n) is 8.69. The molecule has 2 amide bonds. The zero-order valence-electron chi connectivity index (χ0n) is 13.8. The van der Waals surface area contributed by atoms with E-state index < -0.39 is 0 Å². The summed E-state index contributed by atoms with van der Waals surface area (Å²) in [6, 6.07) is 0.282. The number of β-lactam (4-membered cyclic amide) rings is 1. The van der Waals surface area contributed by atoms with Gasteiger partial charge in [0, 0.05) is 32.2 Å². The van der Waals surface area contributed by atoms with Crippen LogP contribution in [0.1, 0.15) is 52.4 Å². The highest BCUT2D eigenvalue weighted by molar-refractivity contribution is 5.89. The van der Waals surface area contributed by atoms with E-state index in [-0.39, 0.29) is 23.3 Å². The maximum Gasteiger partial charge on any atom is 0.228 e. The summed E-state index contributed by atoms with van der Waals surface area (Å²) in [4.78, 5) is 25.9. The van der Waals surface area contributed by atoms with Crippen LogP contribution in [0.2, 0.25) is 0 Å². The van der Waals surface area contributed by atoms with Gasteiger partial charge in [-0.3, -0.25) is 9.59 Å². The van der Waals surface area contributed by atoms with E-state index in [0.29, 0.717) is 18.4 Å². The van der Waals surface area contributed by atoms with Crippen LogP contribution < -0.4 is 5.32 Å². The topological polar surface area (TPSA) is 58.6 Å². The molecule has 3 aliphatic heterocycles. The minimum atomic E-state index is -0.239. The molecule has 1 N–H and O–H groups in total. The Balaban J connectivity index is 1.41. The van der Waals surface area contributed by atoms with Crippen molar-refractivity contribution in [3.63, 3.8) is 0 Å². The van der Waals surface area contributed by atoms with Crippen LogP contribution in [-0.4, -0.2) is 48.6 Å². The molecule has 0 saturated carbocycles. The quantitative estimate of drug-likeness (QED) is 0.804. The number of likely N-dealkylation sites (tertiary alicyclic amines) is 1. The minimum absolute atomic E-state index is 0.160. The van der Waals surface area contributed by atoms with Crippen molar-refractivity contribution in [2.45, 2.75) is 64.5 Å². The van der Waals surface area contributed by atoms with E-state index in [1.165, 1.54) is 0 Å². The van der Waals surface area contributed by atoms with E-state index in [9.17, 15) is 9.59 Å². The summed E-state index contributed by atoms with van der Waals surface area (Å²) in [7, 11) is 0. The molecule has 0 radical (unpaired) electrons. The fourth-order valence-electron chi connectivity index (χ4n) is 4.08. The maximum atomic E-state index is 12.3. The number of carbonyl (C=O) groups excluding carboxylic acids is 2. The molecule has 0 aliphatic carbocycles. The Bertz CT molecular complexity index is 435. The number of hydrogen-bond donors (Lipinski definition) is 1. The highest BCUT2D eigenvalue weighted by Gasteiger charge is 2.51. The average molecular weight is 308 g/mol. The number of hydrogen-bond acceptors (Lipinski definition) is 3. The van der Waals surface area contributed by atoms with Crippen LogP contribution in [0.25, 0.3) is 0 Å². The van der Waals surface area contributed by atoms with Gasteiger partial charge in [0.25, 0.3) is 0 Å². The Hall–Kier alpha value is -1.10. The van der Waals surface area contributed by atoms with Gasteiger partial charge in [-0.25, -0.2) is 0 Å². The Labute approximate surface area is 132 Å². The molecule has 3 fully saturated rings. The van der Waals surface area contributed by atoms with Gasteiger partial charge in [-0.1, -0.05) is 0 Å². The fourth-order valence-corrected chi connectivity index (χ4v) is 4.08. The zero-order chi connectivity index (χ0) is 15.7. The summed E-state index contributed by atoms with van der Waals surface area (Å²) >= 11 is 0. The monoisotopic (exact) mass is 308 g/mol. The van der Waals surface area contributed by atoms with Gasteiger partial charge in [0.15, 0.2) is 0 Å². The van der Waals surface area contributed by atoms with E-state index in [0.717, 1.165) is 51.8 Å². The van der Waals surface area contributed by atoms with Crippen LogP contribution in [0.3, 0.4) is 0 Å². The molecule has 3 aliphatic rings. The second-order valence-electron chi connectivity index (χ2n) is 7.56. The summed E-state index contributed by atoms with van der Waals surface area (Å²) in [6.45, 7) is 6.56. The molecule has 3 rings (SSSR count). The second-order valence-corrected chi connectivity index (χ2v) is 7.56. The molecule has 5 nitrogen and oxygen atoms in total. The molecular weight excluding hydrogens is 280 g/mol. The van der Waals surface area contributed by atoms with E-state index in [1.807, 2.05) is 18.7 Å². The summed E-state index contributed by atoms with van der Waals surface area (Å²) in [5.41, 5.74) is -0.239. The molecule has 22 heavy (non-hydrogen) atoms. The maximum absolute atomic E-state index is 12.3. The molecule has 124 valence electrons. The third-order valence-corrected chi connectivity index (χ3v) is 5.72. The van der Waals surface area contributed by atoms with Crippen molar-refractivity contribution in [2.24, 2.45) is 11.3 Å². The molecule has 0 aromatic carbocycles. The first-order valence-corrected chi connectivity index (χ1v) is 8.69. The van der Waals surface area contributed by atoms with Crippen molar-refractivity contribution in [1.29, 1.82) is 0 Å². The van der Waals surface area contributed by atoms with Gasteiger partial charge < -0.3 is 15.0 Å². The normalized spacial score (nSPS) is 31.7. The molecule has 0 spiro atoms. The molecule has 0 aromatic heterocycles. The van der Waals surface area contributed by atoms with Crippen LogP contribution >= 0.6 is 0 Å². The van der Waals surface area contributed by atoms with Crippen molar-refractivity contribution in [2.75, 3.05) is 19.7 Å². The number of nitrogens with one attached hydrogen (secondary N) is 1. The number of ether oxygens (including phenoxy) is 1. The van der Waals surface area contributed by atoms with Gasteiger partial charge in [-0.05, 0) is 51.9 Å². The lowest BCUT2D eigenvalue weighted by Crippen LogP contribution is -2.68. The van der Waals surface area contributed by atoms with Gasteiger partial charge in [0.1, 0.15) is 0 Å². The molecular formula is C17H28N2O3. The molecule has 0 bridgehead atoms. The van der Waals surface area contributed by atoms with E-state index in [4.69, 9.17) is 4.74 Å². The fraction of sp³-hybridized carbons (Fsp3) is 0.882. The summed E-state index contributed by atoms with van der Waals surface area (Å²) < 4.78 is 5.58. The average Bonchev–Trinajstić information content (AvgIpc) is 3.04. The Morgan fingerprint density at radius 3 is 2.59 bits per heavy atom. The van der Waals surface area contributed by atoms with Gasteiger partial charge in [-0.2, -0.15) is 0 Å². The van der Waals surface area contributed by atoms with E-state index >= 15 is 0 Å². The lowest BCUT2D eigenvalue weighted by Gasteiger charge is -2.50. The first-order chi connectivity index (χ1) is 10.5. The van der Waals surface area contributed by atoms with Crippen LogP contribution in [0.4, 0.5) is 0 Å². The van der Waals surface area contributed by atoms with Crippen LogP contribution in [0, 0.1) is 11.3 Å². The Morgan fingerprint density at radius 1 is 1.32 bits per heavy atom. The smallest absolute Gasteiger partial charge is 0.228 e. The molecule has 3 saturated heterocycles. The van der Waals surface area contributed by atoms with Crippen LogP contribution in [-0.2, 0) is 14.3 Å². The molecule has 2 atom stereocenters. The SMILES string of the molecule is CC1(C)C(=O)NC1C1CCN(C(=O)CCC2CCCO2)CC1. The predicted molar refractivity (Wildman–Crippen MR) is 83.2 cm³/mol. The van der Waals surface area contributed by atoms with Gasteiger partial charge >= 0.3 is 0 Å². The van der Waals surface area contributed by atoms with Crippen molar-refractivity contribution in [1.82, 2.24) is 10.2 Å². The van der Waals surface area contributed by atoms with Crippen molar-refractivity contribution in [3.8, 4) is 0 Å². The highest BCUT2D eigenvalue weighted by atomic mass is 16.5.